The van der Waals surface area contributed by atoms with Crippen molar-refractivity contribution in [2.45, 2.75) is 38.5 Å². The number of ether oxygens (including phenoxy) is 1. The first-order chi connectivity index (χ1) is 9.22. The minimum absolute atomic E-state index is 0.357. The van der Waals surface area contributed by atoms with E-state index >= 15 is 0 Å². The maximum absolute atomic E-state index is 5.82. The van der Waals surface area contributed by atoms with E-state index in [1.807, 2.05) is 0 Å². The Morgan fingerprint density at radius 3 is 2.74 bits per heavy atom. The van der Waals surface area contributed by atoms with Gasteiger partial charge in [-0.3, -0.25) is 4.90 Å². The molecule has 0 saturated carbocycles. The van der Waals surface area contributed by atoms with Gasteiger partial charge in [-0.15, -0.1) is 0 Å². The van der Waals surface area contributed by atoms with Crippen molar-refractivity contribution >= 4 is 0 Å². The average Bonchev–Trinajstić information content (AvgIpc) is 2.38. The highest BCUT2D eigenvalue weighted by molar-refractivity contribution is 5.32. The summed E-state index contributed by atoms with van der Waals surface area (Å²) in [6.45, 7) is 9.72. The molecule has 1 fully saturated rings. The molecule has 2 heterocycles. The summed E-state index contributed by atoms with van der Waals surface area (Å²) >= 11 is 0. The second kappa shape index (κ2) is 5.61. The summed E-state index contributed by atoms with van der Waals surface area (Å²) < 4.78 is 5.82. The van der Waals surface area contributed by atoms with Crippen molar-refractivity contribution in [1.82, 2.24) is 10.2 Å². The fourth-order valence-electron chi connectivity index (χ4n) is 3.49. The third kappa shape index (κ3) is 2.99. The van der Waals surface area contributed by atoms with Crippen LogP contribution in [0.25, 0.3) is 0 Å². The summed E-state index contributed by atoms with van der Waals surface area (Å²) in [5.41, 5.74) is 3.00. The lowest BCUT2D eigenvalue weighted by molar-refractivity contribution is -0.0693. The highest BCUT2D eigenvalue weighted by atomic mass is 16.5. The molecule has 3 unspecified atom stereocenters. The van der Waals surface area contributed by atoms with Gasteiger partial charge >= 0.3 is 0 Å². The summed E-state index contributed by atoms with van der Waals surface area (Å²) in [4.78, 5) is 2.56. The molecule has 1 aromatic carbocycles. The predicted octanol–water partition coefficient (Wildman–Crippen LogP) is 1.98. The van der Waals surface area contributed by atoms with Gasteiger partial charge in [0.05, 0.1) is 12.2 Å². The standard InChI is InChI=1S/C16H24N2O/c1-12-9-18(10-13(2)19-12)11-15-8-17-7-14-5-3-4-6-16(14)15/h3-6,12-13,15,17H,7-11H2,1-2H3. The molecule has 2 aliphatic rings. The van der Waals surface area contributed by atoms with Crippen LogP contribution < -0.4 is 5.32 Å². The first-order valence-electron chi connectivity index (χ1n) is 7.38. The Labute approximate surface area is 115 Å². The Kier molecular flexibility index (Phi) is 3.87. The molecule has 3 atom stereocenters. The lowest BCUT2D eigenvalue weighted by atomic mass is 9.90. The Hall–Kier alpha value is -0.900. The van der Waals surface area contributed by atoms with E-state index in [2.05, 4.69) is 48.3 Å². The van der Waals surface area contributed by atoms with E-state index in [1.165, 1.54) is 11.1 Å². The second-order valence-corrected chi connectivity index (χ2v) is 6.00. The SMILES string of the molecule is CC1CN(CC2CNCc3ccccc32)CC(C)O1. The number of fused-ring (bicyclic) bond motifs is 1. The van der Waals surface area contributed by atoms with Crippen LogP contribution in [0.4, 0.5) is 0 Å². The Morgan fingerprint density at radius 2 is 1.95 bits per heavy atom. The van der Waals surface area contributed by atoms with E-state index in [0.29, 0.717) is 18.1 Å². The Balaban J connectivity index is 1.70. The van der Waals surface area contributed by atoms with Gasteiger partial charge in [-0.05, 0) is 25.0 Å². The number of morpholine rings is 1. The third-order valence-corrected chi connectivity index (χ3v) is 4.17. The first-order valence-corrected chi connectivity index (χ1v) is 7.38. The molecule has 2 aliphatic heterocycles. The smallest absolute Gasteiger partial charge is 0.0678 e. The van der Waals surface area contributed by atoms with Crippen LogP contribution in [-0.4, -0.2) is 43.3 Å². The Morgan fingerprint density at radius 1 is 1.21 bits per heavy atom. The minimum atomic E-state index is 0.357. The molecule has 3 nitrogen and oxygen atoms in total. The van der Waals surface area contributed by atoms with E-state index < -0.39 is 0 Å². The molecule has 19 heavy (non-hydrogen) atoms. The molecule has 1 N–H and O–H groups in total. The van der Waals surface area contributed by atoms with Crippen LogP contribution in [0, 0.1) is 0 Å². The molecule has 1 aromatic rings. The molecule has 0 spiro atoms. The van der Waals surface area contributed by atoms with Gasteiger partial charge in [-0.25, -0.2) is 0 Å². The molecule has 0 amide bonds. The molecule has 0 aliphatic carbocycles. The third-order valence-electron chi connectivity index (χ3n) is 4.17. The fraction of sp³-hybridized carbons (Fsp3) is 0.625. The molecule has 3 rings (SSSR count). The van der Waals surface area contributed by atoms with Gasteiger partial charge in [0, 0.05) is 38.6 Å². The van der Waals surface area contributed by atoms with Gasteiger partial charge < -0.3 is 10.1 Å². The highest BCUT2D eigenvalue weighted by Gasteiger charge is 2.27. The normalized spacial score (nSPS) is 32.0. The molecule has 0 bridgehead atoms. The maximum atomic E-state index is 5.82. The molecule has 104 valence electrons. The van der Waals surface area contributed by atoms with Gasteiger partial charge in [-0.2, -0.15) is 0 Å². The number of hydrogen-bond donors (Lipinski definition) is 1. The van der Waals surface area contributed by atoms with E-state index in [1.54, 1.807) is 0 Å². The number of nitrogens with one attached hydrogen (secondary N) is 1. The van der Waals surface area contributed by atoms with Gasteiger partial charge in [0.2, 0.25) is 0 Å². The van der Waals surface area contributed by atoms with Crippen molar-refractivity contribution < 1.29 is 4.74 Å². The van der Waals surface area contributed by atoms with E-state index in [9.17, 15) is 0 Å². The zero-order valence-corrected chi connectivity index (χ0v) is 11.9. The summed E-state index contributed by atoms with van der Waals surface area (Å²) in [5.74, 6) is 0.613. The first kappa shape index (κ1) is 13.1. The van der Waals surface area contributed by atoms with Crippen LogP contribution in [0.15, 0.2) is 24.3 Å². The van der Waals surface area contributed by atoms with Gasteiger partial charge in [0.25, 0.3) is 0 Å². The van der Waals surface area contributed by atoms with Crippen LogP contribution in [0.3, 0.4) is 0 Å². The van der Waals surface area contributed by atoms with Crippen molar-refractivity contribution in [3.8, 4) is 0 Å². The Bertz CT molecular complexity index is 425. The summed E-state index contributed by atoms with van der Waals surface area (Å²) in [7, 11) is 0. The summed E-state index contributed by atoms with van der Waals surface area (Å²) in [5, 5.41) is 3.55. The van der Waals surface area contributed by atoms with E-state index in [0.717, 1.165) is 32.7 Å². The maximum Gasteiger partial charge on any atom is 0.0678 e. The lowest BCUT2D eigenvalue weighted by Gasteiger charge is -2.38. The second-order valence-electron chi connectivity index (χ2n) is 6.00. The largest absolute Gasteiger partial charge is 0.373 e. The van der Waals surface area contributed by atoms with Crippen LogP contribution in [0.2, 0.25) is 0 Å². The van der Waals surface area contributed by atoms with Crippen molar-refractivity contribution in [2.24, 2.45) is 0 Å². The molecule has 1 saturated heterocycles. The number of hydrogen-bond acceptors (Lipinski definition) is 3. The number of benzene rings is 1. The number of nitrogens with zero attached hydrogens (tertiary/aromatic N) is 1. The molecule has 3 heteroatoms. The molecule has 0 aromatic heterocycles. The van der Waals surface area contributed by atoms with E-state index in [4.69, 9.17) is 4.74 Å². The zero-order chi connectivity index (χ0) is 13.2. The number of rotatable bonds is 2. The van der Waals surface area contributed by atoms with Gasteiger partial charge in [0.1, 0.15) is 0 Å². The van der Waals surface area contributed by atoms with Crippen LogP contribution in [0.5, 0.6) is 0 Å². The quantitative estimate of drug-likeness (QED) is 0.880. The van der Waals surface area contributed by atoms with Crippen LogP contribution >= 0.6 is 0 Å². The molecular weight excluding hydrogens is 236 g/mol. The van der Waals surface area contributed by atoms with Crippen molar-refractivity contribution in [3.63, 3.8) is 0 Å². The van der Waals surface area contributed by atoms with E-state index in [-0.39, 0.29) is 0 Å². The molecular formula is C16H24N2O. The van der Waals surface area contributed by atoms with Gasteiger partial charge in [0.15, 0.2) is 0 Å². The van der Waals surface area contributed by atoms with Crippen LogP contribution in [-0.2, 0) is 11.3 Å². The monoisotopic (exact) mass is 260 g/mol. The predicted molar refractivity (Wildman–Crippen MR) is 77.3 cm³/mol. The van der Waals surface area contributed by atoms with Crippen molar-refractivity contribution in [3.05, 3.63) is 35.4 Å². The molecule has 0 radical (unpaired) electrons. The topological polar surface area (TPSA) is 24.5 Å². The average molecular weight is 260 g/mol. The lowest BCUT2D eigenvalue weighted by Crippen LogP contribution is -2.48. The van der Waals surface area contributed by atoms with Crippen LogP contribution in [0.1, 0.15) is 30.9 Å². The zero-order valence-electron chi connectivity index (χ0n) is 11.9. The highest BCUT2D eigenvalue weighted by Crippen LogP contribution is 2.25. The fourth-order valence-corrected chi connectivity index (χ4v) is 3.49. The van der Waals surface area contributed by atoms with Crippen molar-refractivity contribution in [1.29, 1.82) is 0 Å². The van der Waals surface area contributed by atoms with Gasteiger partial charge in [-0.1, -0.05) is 24.3 Å². The van der Waals surface area contributed by atoms with Crippen molar-refractivity contribution in [2.75, 3.05) is 26.2 Å². The summed E-state index contributed by atoms with van der Waals surface area (Å²) in [6.07, 6.45) is 0.714. The summed E-state index contributed by atoms with van der Waals surface area (Å²) in [6, 6.07) is 8.86. The minimum Gasteiger partial charge on any atom is -0.373 e.